The second kappa shape index (κ2) is 14.3. The monoisotopic (exact) mass is 569 g/mol. The molecule has 0 saturated heterocycles. The Labute approximate surface area is 223 Å². The fourth-order valence-corrected chi connectivity index (χ4v) is 5.48. The van der Waals surface area contributed by atoms with Gasteiger partial charge in [-0.1, -0.05) is 23.2 Å². The van der Waals surface area contributed by atoms with Crippen molar-refractivity contribution in [2.45, 2.75) is 14.7 Å². The summed E-state index contributed by atoms with van der Waals surface area (Å²) in [6.45, 7) is 0.741. The zero-order valence-corrected chi connectivity index (χ0v) is 22.3. The van der Waals surface area contributed by atoms with Crippen molar-refractivity contribution in [3.05, 3.63) is 66.7 Å². The lowest BCUT2D eigenvalue weighted by atomic mass is 10.3. The molecule has 0 bridgehead atoms. The molecule has 0 aliphatic carbocycles. The molecule has 11 nitrogen and oxygen atoms in total. The van der Waals surface area contributed by atoms with E-state index in [4.69, 9.17) is 30.7 Å². The second-order valence-corrected chi connectivity index (χ2v) is 11.1. The molecule has 0 spiro atoms. The van der Waals surface area contributed by atoms with E-state index in [9.17, 15) is 8.42 Å². The summed E-state index contributed by atoms with van der Waals surface area (Å²) in [6, 6.07) is 18.8. The zero-order chi connectivity index (χ0) is 26.7. The molecule has 0 aliphatic heterocycles. The van der Waals surface area contributed by atoms with Crippen LogP contribution in [-0.2, 0) is 28.4 Å². The van der Waals surface area contributed by atoms with Gasteiger partial charge in [0.15, 0.2) is 9.84 Å². The Morgan fingerprint density at radius 3 is 2.41 bits per heavy atom. The summed E-state index contributed by atoms with van der Waals surface area (Å²) in [7, 11) is -2.14. The minimum absolute atomic E-state index is 0.0634. The minimum Gasteiger partial charge on any atom is -0.495 e. The van der Waals surface area contributed by atoms with Crippen LogP contribution in [0.15, 0.2) is 81.4 Å². The van der Waals surface area contributed by atoms with Crippen LogP contribution in [0.3, 0.4) is 0 Å². The van der Waals surface area contributed by atoms with Crippen LogP contribution in [0.4, 0.5) is 17.1 Å². The van der Waals surface area contributed by atoms with Gasteiger partial charge in [-0.3, -0.25) is 0 Å². The Kier molecular flexibility index (Phi) is 11.2. The number of nitrogens with two attached hydrogens (primary N) is 2. The maximum Gasteiger partial charge on any atom is 0.180 e. The third kappa shape index (κ3) is 8.69. The maximum absolute atomic E-state index is 13.0. The van der Waals surface area contributed by atoms with Gasteiger partial charge in [0.1, 0.15) is 12.4 Å². The first-order valence-corrected chi connectivity index (χ1v) is 13.9. The molecule has 200 valence electrons. The molecule has 0 radical (unpaired) electrons. The molecule has 5 N–H and O–H groups in total. The number of methoxy groups -OCH3 is 1. The lowest BCUT2D eigenvalue weighted by Gasteiger charge is -2.24. The van der Waals surface area contributed by atoms with Crippen LogP contribution in [0, 0.1) is 0 Å². The smallest absolute Gasteiger partial charge is 0.180 e. The Bertz CT molecular complexity index is 1250. The molecule has 0 unspecified atom stereocenters. The van der Waals surface area contributed by atoms with Gasteiger partial charge in [0.2, 0.25) is 0 Å². The number of nitrogen functional groups attached to an aromatic ring is 2. The lowest BCUT2D eigenvalue weighted by molar-refractivity contribution is -0.432. The Hall–Kier alpha value is -2.69. The first kappa shape index (κ1) is 28.9. The van der Waals surface area contributed by atoms with Gasteiger partial charge in [-0.15, -0.1) is 4.33 Å². The molecule has 37 heavy (non-hydrogen) atoms. The van der Waals surface area contributed by atoms with Crippen LogP contribution in [0.1, 0.15) is 0 Å². The predicted molar refractivity (Wildman–Crippen MR) is 143 cm³/mol. The first-order chi connectivity index (χ1) is 17.8. The number of nitrogens with zero attached hydrogens (tertiary/aromatic N) is 1. The highest BCUT2D eigenvalue weighted by atomic mass is 32.2. The number of ether oxygens (including phenoxy) is 1. The van der Waals surface area contributed by atoms with Crippen molar-refractivity contribution in [3.8, 4) is 5.75 Å². The SMILES string of the molecule is COc1ccc(SOOCCN(CCS(=O)(=O)c2ccc(N)c(SOOO)c2)c2ccccc2)cc1N. The van der Waals surface area contributed by atoms with Gasteiger partial charge in [0.05, 0.1) is 52.4 Å². The van der Waals surface area contributed by atoms with E-state index in [2.05, 4.69) is 9.37 Å². The van der Waals surface area contributed by atoms with Gasteiger partial charge in [0, 0.05) is 29.4 Å². The Morgan fingerprint density at radius 1 is 0.919 bits per heavy atom. The number of sulfone groups is 1. The van der Waals surface area contributed by atoms with Crippen LogP contribution >= 0.6 is 24.1 Å². The summed E-state index contributed by atoms with van der Waals surface area (Å²) in [5, 5.41) is 11.9. The third-order valence-electron chi connectivity index (χ3n) is 5.07. The fourth-order valence-electron chi connectivity index (χ4n) is 3.20. The molecule has 3 rings (SSSR count). The molecule has 0 saturated carbocycles. The van der Waals surface area contributed by atoms with Crippen LogP contribution in [0.25, 0.3) is 0 Å². The molecule has 14 heteroatoms. The van der Waals surface area contributed by atoms with E-state index in [0.29, 0.717) is 30.0 Å². The molecule has 0 fully saturated rings. The van der Waals surface area contributed by atoms with Crippen LogP contribution in [0.2, 0.25) is 0 Å². The predicted octanol–water partition coefficient (Wildman–Crippen LogP) is 4.22. The molecule has 0 atom stereocenters. The topological polar surface area (TPSA) is 156 Å². The molecular weight excluding hydrogens is 542 g/mol. The standard InChI is InChI=1S/C23H27N3O8S3/c1-30-22-10-7-18(15-21(22)25)35-33-31-13-11-26(17-5-3-2-4-6-17)12-14-37(28,29)19-8-9-20(24)23(16-19)36-34-32-27/h2-10,15-16,27H,11-14,24-25H2,1H3. The summed E-state index contributed by atoms with van der Waals surface area (Å²) < 4.78 is 40.8. The van der Waals surface area contributed by atoms with Gasteiger partial charge < -0.3 is 21.1 Å². The van der Waals surface area contributed by atoms with Crippen molar-refractivity contribution < 1.29 is 37.0 Å². The van der Waals surface area contributed by atoms with E-state index in [1.54, 1.807) is 18.2 Å². The summed E-state index contributed by atoms with van der Waals surface area (Å²) in [5.74, 6) is 0.397. The maximum atomic E-state index is 13.0. The van der Waals surface area contributed by atoms with E-state index < -0.39 is 9.84 Å². The lowest BCUT2D eigenvalue weighted by Crippen LogP contribution is -2.32. The quantitative estimate of drug-likeness (QED) is 0.0786. The number of rotatable bonds is 15. The number of benzene rings is 3. The fraction of sp³-hybridized carbons (Fsp3) is 0.217. The van der Waals surface area contributed by atoms with E-state index in [0.717, 1.165) is 22.6 Å². The van der Waals surface area contributed by atoms with Crippen molar-refractivity contribution in [2.24, 2.45) is 0 Å². The highest BCUT2D eigenvalue weighted by Crippen LogP contribution is 2.30. The minimum atomic E-state index is -3.68. The Balaban J connectivity index is 1.58. The highest BCUT2D eigenvalue weighted by molar-refractivity contribution is 7.95. The Morgan fingerprint density at radius 2 is 1.70 bits per heavy atom. The van der Waals surface area contributed by atoms with Crippen molar-refractivity contribution in [1.82, 2.24) is 0 Å². The molecule has 3 aromatic carbocycles. The van der Waals surface area contributed by atoms with Crippen LogP contribution < -0.4 is 21.1 Å². The van der Waals surface area contributed by atoms with Crippen molar-refractivity contribution in [3.63, 3.8) is 0 Å². The average Bonchev–Trinajstić information content (AvgIpc) is 2.90. The van der Waals surface area contributed by atoms with Gasteiger partial charge >= 0.3 is 0 Å². The van der Waals surface area contributed by atoms with Gasteiger partial charge in [-0.05, 0) is 48.5 Å². The molecule has 0 amide bonds. The average molecular weight is 570 g/mol. The summed E-state index contributed by atoms with van der Waals surface area (Å²) in [5.41, 5.74) is 13.3. The number of para-hydroxylation sites is 1. The van der Waals surface area contributed by atoms with Gasteiger partial charge in [-0.25, -0.2) is 18.6 Å². The van der Waals surface area contributed by atoms with E-state index in [1.165, 1.54) is 25.3 Å². The summed E-state index contributed by atoms with van der Waals surface area (Å²) in [4.78, 5) is 8.28. The number of hydrogen-bond donors (Lipinski definition) is 3. The van der Waals surface area contributed by atoms with E-state index in [-0.39, 0.29) is 34.4 Å². The first-order valence-electron chi connectivity index (χ1n) is 10.8. The van der Waals surface area contributed by atoms with Crippen LogP contribution in [0.5, 0.6) is 5.75 Å². The summed E-state index contributed by atoms with van der Waals surface area (Å²) in [6.07, 6.45) is 0. The van der Waals surface area contributed by atoms with E-state index >= 15 is 0 Å². The van der Waals surface area contributed by atoms with Crippen molar-refractivity contribution >= 4 is 51.0 Å². The zero-order valence-electron chi connectivity index (χ0n) is 19.8. The van der Waals surface area contributed by atoms with Crippen molar-refractivity contribution in [1.29, 1.82) is 0 Å². The van der Waals surface area contributed by atoms with Crippen molar-refractivity contribution in [2.75, 3.05) is 48.9 Å². The van der Waals surface area contributed by atoms with E-state index in [1.807, 2.05) is 35.2 Å². The number of hydrogen-bond acceptors (Lipinski definition) is 13. The van der Waals surface area contributed by atoms with Crippen LogP contribution in [-0.4, -0.2) is 46.2 Å². The molecule has 0 aromatic heterocycles. The third-order valence-corrected chi connectivity index (χ3v) is 8.04. The largest absolute Gasteiger partial charge is 0.495 e. The second-order valence-electron chi connectivity index (χ2n) is 7.44. The molecular formula is C23H27N3O8S3. The van der Waals surface area contributed by atoms with Gasteiger partial charge in [0.25, 0.3) is 0 Å². The number of anilines is 3. The molecule has 3 aromatic rings. The normalized spacial score (nSPS) is 11.4. The molecule has 0 aliphatic rings. The molecule has 0 heterocycles. The summed E-state index contributed by atoms with van der Waals surface area (Å²) >= 11 is 1.60. The highest BCUT2D eigenvalue weighted by Gasteiger charge is 2.19. The van der Waals surface area contributed by atoms with Gasteiger partial charge in [-0.2, -0.15) is 4.33 Å².